The van der Waals surface area contributed by atoms with Gasteiger partial charge in [0, 0.05) is 0 Å². The molecule has 20 heteroatoms. The first kappa shape index (κ1) is 24.8. The topological polar surface area (TPSA) is 279 Å². The fourth-order valence-corrected chi connectivity index (χ4v) is 5.93. The van der Waals surface area contributed by atoms with Crippen LogP contribution in [0.4, 0.5) is 0 Å². The van der Waals surface area contributed by atoms with E-state index in [1.807, 2.05) is 0 Å². The third-order valence-corrected chi connectivity index (χ3v) is 10.8. The Balaban J connectivity index is 3.29. The van der Waals surface area contributed by atoms with E-state index in [2.05, 4.69) is 0 Å². The molecule has 1 heterocycles. The molecule has 1 aromatic rings. The third-order valence-electron chi connectivity index (χ3n) is 3.40. The minimum atomic E-state index is -5.80. The first-order chi connectivity index (χ1) is 11.7. The van der Waals surface area contributed by atoms with E-state index in [1.54, 1.807) is 0 Å². The van der Waals surface area contributed by atoms with Crippen molar-refractivity contribution >= 4 is 30.4 Å². The van der Waals surface area contributed by atoms with Crippen molar-refractivity contribution in [2.45, 2.75) is 23.3 Å². The predicted octanol–water partition coefficient (Wildman–Crippen LogP) is -3.22. The van der Waals surface area contributed by atoms with Crippen LogP contribution >= 0.6 is 30.4 Å². The number of rotatable bonds is 8. The Morgan fingerprint density at radius 3 is 1.44 bits per heavy atom. The molecule has 0 amide bonds. The molecule has 0 spiro atoms. The molecule has 1 rings (SSSR count). The van der Waals surface area contributed by atoms with Gasteiger partial charge in [0.1, 0.15) is 25.5 Å². The van der Waals surface area contributed by atoms with Gasteiger partial charge in [-0.25, -0.2) is 9.13 Å². The summed E-state index contributed by atoms with van der Waals surface area (Å²) in [5, 5.41) is 11.9. The average molecular weight is 477 g/mol. The van der Waals surface area contributed by atoms with Crippen LogP contribution in [0.5, 0.6) is 0 Å². The van der Waals surface area contributed by atoms with E-state index in [-0.39, 0.29) is 0 Å². The van der Waals surface area contributed by atoms with Crippen molar-refractivity contribution in [3.05, 3.63) is 18.7 Å². The van der Waals surface area contributed by atoms with Gasteiger partial charge in [-0.05, 0) is 0 Å². The van der Waals surface area contributed by atoms with Crippen LogP contribution in [-0.2, 0) is 31.3 Å². The normalized spacial score (nSPS) is 15.2. The molecule has 27 heavy (non-hydrogen) atoms. The molecule has 16 nitrogen and oxygen atoms in total. The molecule has 10 N–H and O–H groups in total. The third kappa shape index (κ3) is 4.84. The molecule has 0 aliphatic rings. The largest absolute Gasteiger partial charge is 0.373 e. The molecule has 0 aliphatic heterocycles. The first-order valence-electron chi connectivity index (χ1n) is 6.38. The number of hydrogen-bond donors (Lipinski definition) is 10. The average Bonchev–Trinajstić information content (AvgIpc) is 2.80. The summed E-state index contributed by atoms with van der Waals surface area (Å²) in [6.45, 7) is -2.81. The maximum atomic E-state index is 11.3. The zero-order valence-electron chi connectivity index (χ0n) is 12.9. The fraction of sp³-hybridized carbons (Fsp3) is 0.571. The van der Waals surface area contributed by atoms with Crippen LogP contribution in [-0.4, -0.2) is 64.1 Å². The van der Waals surface area contributed by atoms with Gasteiger partial charge >= 0.3 is 40.5 Å². The van der Waals surface area contributed by atoms with E-state index in [0.717, 1.165) is 12.4 Å². The number of aliphatic hydroxyl groups is 2. The zero-order valence-corrected chi connectivity index (χ0v) is 16.5. The zero-order chi connectivity index (χ0) is 21.7. The van der Waals surface area contributed by atoms with E-state index in [9.17, 15) is 28.5 Å². The quantitative estimate of drug-likeness (QED) is 0.130. The molecule has 0 atom stereocenters. The first-order valence-corrected chi connectivity index (χ1v) is 12.8. The summed E-state index contributed by atoms with van der Waals surface area (Å²) in [5.41, 5.74) is 0. The van der Waals surface area contributed by atoms with Crippen LogP contribution in [0.25, 0.3) is 0 Å². The van der Waals surface area contributed by atoms with Gasteiger partial charge in [-0.1, -0.05) is 0 Å². The van der Waals surface area contributed by atoms with Crippen LogP contribution in [0.1, 0.15) is 0 Å². The smallest absolute Gasteiger partial charge is 0.365 e. The molecule has 0 unspecified atom stereocenters. The summed E-state index contributed by atoms with van der Waals surface area (Å²) in [7, 11) is -23.2. The molecular weight excluding hydrogens is 460 g/mol. The van der Waals surface area contributed by atoms with Gasteiger partial charge in [0.15, 0.2) is 0 Å². The van der Waals surface area contributed by atoms with Gasteiger partial charge in [-0.3, -0.25) is 18.3 Å². The van der Waals surface area contributed by atoms with Gasteiger partial charge in [0.2, 0.25) is 6.33 Å². The Morgan fingerprint density at radius 2 is 1.11 bits per heavy atom. The summed E-state index contributed by atoms with van der Waals surface area (Å²) in [4.78, 5) is 72.3. The highest BCUT2D eigenvalue weighted by molar-refractivity contribution is 7.72. The van der Waals surface area contributed by atoms with Gasteiger partial charge in [0.05, 0.1) is 0 Å². The van der Waals surface area contributed by atoms with Crippen molar-refractivity contribution in [2.75, 3.05) is 0 Å². The number of aromatic nitrogens is 2. The lowest BCUT2D eigenvalue weighted by Crippen LogP contribution is -2.46. The van der Waals surface area contributed by atoms with Crippen LogP contribution in [0.15, 0.2) is 18.7 Å². The van der Waals surface area contributed by atoms with Crippen LogP contribution < -0.4 is 4.57 Å². The maximum Gasteiger partial charge on any atom is 0.373 e. The summed E-state index contributed by atoms with van der Waals surface area (Å²) < 4.78 is 46.3. The molecule has 158 valence electrons. The standard InChI is InChI=1S/C7H16N2O14P4/c10-6(24(12,13)14,25(15,16)17)3-8-1-2-9(5-8)4-7(11,26(18,19)20)27(21,22)23/h1-2,5,10-11H,3-4H2,(H7-,12,13,14,15,16,17,18,19,20,21,22,23)/p+1. The van der Waals surface area contributed by atoms with Crippen molar-refractivity contribution in [2.24, 2.45) is 0 Å². The number of nitrogens with zero attached hydrogens (tertiary/aromatic N) is 2. The Hall–Kier alpha value is -0.270. The SMILES string of the molecule is O=P(O)(O)C(O)(Cn1cc[n+](CC(O)(P(=O)(O)O)P(=O)(O)O)c1)P(=O)(O)O. The van der Waals surface area contributed by atoms with E-state index in [1.165, 1.54) is 0 Å². The van der Waals surface area contributed by atoms with E-state index >= 15 is 0 Å². The highest BCUT2D eigenvalue weighted by atomic mass is 31.2. The molecule has 0 radical (unpaired) electrons. The lowest BCUT2D eigenvalue weighted by atomic mass is 10.6. The number of imidazole rings is 1. The van der Waals surface area contributed by atoms with Crippen molar-refractivity contribution < 1.29 is 72.2 Å². The summed E-state index contributed by atoms with van der Waals surface area (Å²) >= 11 is 0. The Labute approximate surface area is 150 Å². The highest BCUT2D eigenvalue weighted by Crippen LogP contribution is 2.68. The Kier molecular flexibility index (Phi) is 6.61. The maximum absolute atomic E-state index is 11.3. The molecule has 0 bridgehead atoms. The van der Waals surface area contributed by atoms with Crippen LogP contribution in [0.3, 0.4) is 0 Å². The lowest BCUT2D eigenvalue weighted by Gasteiger charge is -2.27. The molecule has 0 fully saturated rings. The van der Waals surface area contributed by atoms with Crippen molar-refractivity contribution in [1.82, 2.24) is 4.57 Å². The monoisotopic (exact) mass is 477 g/mol. The highest BCUT2D eigenvalue weighted by Gasteiger charge is 2.62. The molecule has 1 aromatic heterocycles. The van der Waals surface area contributed by atoms with Crippen molar-refractivity contribution in [3.63, 3.8) is 0 Å². The van der Waals surface area contributed by atoms with Gasteiger partial charge in [-0.2, -0.15) is 0 Å². The van der Waals surface area contributed by atoms with Gasteiger partial charge < -0.3 is 49.4 Å². The number of hydrogen-bond acceptors (Lipinski definition) is 6. The van der Waals surface area contributed by atoms with E-state index in [4.69, 9.17) is 39.1 Å². The summed E-state index contributed by atoms with van der Waals surface area (Å²) in [6, 6.07) is 0. The summed E-state index contributed by atoms with van der Waals surface area (Å²) in [6.07, 6.45) is 2.23. The van der Waals surface area contributed by atoms with Gasteiger partial charge in [-0.15, -0.1) is 0 Å². The summed E-state index contributed by atoms with van der Waals surface area (Å²) in [5.74, 6) is 0. The van der Waals surface area contributed by atoms with E-state index in [0.29, 0.717) is 15.5 Å². The van der Waals surface area contributed by atoms with Crippen molar-refractivity contribution in [3.8, 4) is 0 Å². The van der Waals surface area contributed by atoms with Crippen molar-refractivity contribution in [1.29, 1.82) is 0 Å². The second-order valence-electron chi connectivity index (χ2n) is 5.48. The fourth-order valence-electron chi connectivity index (χ4n) is 1.82. The van der Waals surface area contributed by atoms with Crippen LogP contribution in [0.2, 0.25) is 0 Å². The molecular formula is C7H17N2O14P4+. The second-order valence-corrected chi connectivity index (χ2v) is 13.5. The van der Waals surface area contributed by atoms with Crippen LogP contribution in [0, 0.1) is 0 Å². The molecule has 0 aromatic carbocycles. The Bertz CT molecular complexity index is 771. The lowest BCUT2D eigenvalue weighted by molar-refractivity contribution is -0.703. The minimum Gasteiger partial charge on any atom is -0.365 e. The minimum absolute atomic E-state index is 0.554. The molecule has 0 aliphatic carbocycles. The molecule has 0 saturated carbocycles. The van der Waals surface area contributed by atoms with Gasteiger partial charge in [0.25, 0.3) is 0 Å². The predicted molar refractivity (Wildman–Crippen MR) is 82.7 cm³/mol. The Morgan fingerprint density at radius 1 is 0.741 bits per heavy atom. The second kappa shape index (κ2) is 7.21. The van der Waals surface area contributed by atoms with E-state index < -0.39 is 53.6 Å². The molecule has 0 saturated heterocycles.